The zero-order chi connectivity index (χ0) is 21.5. The summed E-state index contributed by atoms with van der Waals surface area (Å²) in [5.41, 5.74) is 1.76. The van der Waals surface area contributed by atoms with Gasteiger partial charge in [-0.1, -0.05) is 72.5 Å². The Kier molecular flexibility index (Phi) is 7.62. The van der Waals surface area contributed by atoms with Gasteiger partial charge in [0.1, 0.15) is 16.6 Å². The average Bonchev–Trinajstić information content (AvgIpc) is 3.01. The standard InChI is InChI=1S/C22H22N2O4S2/c1-28-18-10-6-5-9-16(18)12-19-21(27)24(22(29)30-19)13-20(26)23-17(14-25)11-15-7-3-2-4-8-15/h2-10,12,17,25H,11,13-14H2,1H3,(H,23,26)/t17-/m1/s1. The summed E-state index contributed by atoms with van der Waals surface area (Å²) >= 11 is 6.45. The molecule has 0 radical (unpaired) electrons. The van der Waals surface area contributed by atoms with E-state index in [0.29, 0.717) is 21.4 Å². The first-order chi connectivity index (χ1) is 14.5. The lowest BCUT2D eigenvalue weighted by Crippen LogP contribution is -2.45. The number of hydrogen-bond donors (Lipinski definition) is 2. The lowest BCUT2D eigenvalue weighted by Gasteiger charge is -2.19. The van der Waals surface area contributed by atoms with E-state index in [1.54, 1.807) is 13.2 Å². The van der Waals surface area contributed by atoms with Gasteiger partial charge in [-0.25, -0.2) is 0 Å². The number of nitrogens with zero attached hydrogens (tertiary/aromatic N) is 1. The highest BCUT2D eigenvalue weighted by Crippen LogP contribution is 2.34. The topological polar surface area (TPSA) is 78.9 Å². The van der Waals surface area contributed by atoms with Gasteiger partial charge >= 0.3 is 0 Å². The molecule has 1 saturated heterocycles. The van der Waals surface area contributed by atoms with Gasteiger partial charge in [0, 0.05) is 5.56 Å². The molecule has 3 rings (SSSR count). The van der Waals surface area contributed by atoms with Crippen molar-refractivity contribution in [3.63, 3.8) is 0 Å². The van der Waals surface area contributed by atoms with Crippen LogP contribution in [-0.4, -0.2) is 52.4 Å². The Morgan fingerprint density at radius 3 is 2.63 bits per heavy atom. The number of thiocarbonyl (C=S) groups is 1. The van der Waals surface area contributed by atoms with Gasteiger partial charge < -0.3 is 15.2 Å². The molecule has 2 aromatic carbocycles. The van der Waals surface area contributed by atoms with E-state index in [2.05, 4.69) is 5.32 Å². The highest BCUT2D eigenvalue weighted by atomic mass is 32.2. The molecule has 1 aliphatic rings. The summed E-state index contributed by atoms with van der Waals surface area (Å²) in [6, 6.07) is 16.5. The van der Waals surface area contributed by atoms with Crippen molar-refractivity contribution in [2.24, 2.45) is 0 Å². The fourth-order valence-electron chi connectivity index (χ4n) is 3.04. The molecule has 8 heteroatoms. The number of ether oxygens (including phenoxy) is 1. The van der Waals surface area contributed by atoms with E-state index in [1.807, 2.05) is 54.6 Å². The first kappa shape index (κ1) is 22.0. The number of rotatable bonds is 8. The number of benzene rings is 2. The van der Waals surface area contributed by atoms with Crippen LogP contribution < -0.4 is 10.1 Å². The quantitative estimate of drug-likeness (QED) is 0.483. The summed E-state index contributed by atoms with van der Waals surface area (Å²) in [6.07, 6.45) is 2.21. The van der Waals surface area contributed by atoms with Gasteiger partial charge in [-0.05, 0) is 24.1 Å². The van der Waals surface area contributed by atoms with Gasteiger partial charge in [-0.3, -0.25) is 14.5 Å². The molecule has 0 unspecified atom stereocenters. The smallest absolute Gasteiger partial charge is 0.266 e. The predicted molar refractivity (Wildman–Crippen MR) is 122 cm³/mol. The molecule has 0 saturated carbocycles. The molecule has 0 aliphatic carbocycles. The Bertz CT molecular complexity index is 963. The molecule has 6 nitrogen and oxygen atoms in total. The third-order valence-corrected chi connectivity index (χ3v) is 5.89. The number of aliphatic hydroxyl groups excluding tert-OH is 1. The fourth-order valence-corrected chi connectivity index (χ4v) is 4.29. The third kappa shape index (κ3) is 5.47. The van der Waals surface area contributed by atoms with Crippen LogP contribution >= 0.6 is 24.0 Å². The van der Waals surface area contributed by atoms with Crippen molar-refractivity contribution >= 4 is 46.2 Å². The second-order valence-electron chi connectivity index (χ2n) is 6.65. The maximum Gasteiger partial charge on any atom is 0.266 e. The fraction of sp³-hybridized carbons (Fsp3) is 0.227. The Morgan fingerprint density at radius 2 is 1.93 bits per heavy atom. The van der Waals surface area contributed by atoms with Crippen LogP contribution in [0.4, 0.5) is 0 Å². The number of aliphatic hydroxyl groups is 1. The minimum absolute atomic E-state index is 0.195. The van der Waals surface area contributed by atoms with Crippen molar-refractivity contribution in [1.82, 2.24) is 10.2 Å². The van der Waals surface area contributed by atoms with Crippen molar-refractivity contribution in [2.75, 3.05) is 20.3 Å². The average molecular weight is 443 g/mol. The first-order valence-corrected chi connectivity index (χ1v) is 10.6. The number of amides is 2. The first-order valence-electron chi connectivity index (χ1n) is 9.34. The lowest BCUT2D eigenvalue weighted by molar-refractivity contribution is -0.129. The largest absolute Gasteiger partial charge is 0.496 e. The van der Waals surface area contributed by atoms with Gasteiger partial charge in [0.2, 0.25) is 5.91 Å². The number of methoxy groups -OCH3 is 1. The molecular weight excluding hydrogens is 420 g/mol. The molecule has 2 aromatic rings. The molecule has 1 heterocycles. The Labute approximate surface area is 184 Å². The molecule has 1 fully saturated rings. The van der Waals surface area contributed by atoms with E-state index in [1.165, 1.54) is 4.90 Å². The Balaban J connectivity index is 1.64. The van der Waals surface area contributed by atoms with Crippen LogP contribution in [0.1, 0.15) is 11.1 Å². The summed E-state index contributed by atoms with van der Waals surface area (Å²) < 4.78 is 5.63. The summed E-state index contributed by atoms with van der Waals surface area (Å²) in [6.45, 7) is -0.397. The normalized spacial score (nSPS) is 16.1. The van der Waals surface area contributed by atoms with E-state index in [-0.39, 0.29) is 25.0 Å². The van der Waals surface area contributed by atoms with Gasteiger partial charge in [-0.15, -0.1) is 0 Å². The number of carbonyl (C=O) groups is 2. The zero-order valence-electron chi connectivity index (χ0n) is 16.4. The van der Waals surface area contributed by atoms with Crippen LogP contribution in [0.3, 0.4) is 0 Å². The maximum atomic E-state index is 12.8. The van der Waals surface area contributed by atoms with E-state index < -0.39 is 6.04 Å². The lowest BCUT2D eigenvalue weighted by atomic mass is 10.1. The van der Waals surface area contributed by atoms with Crippen LogP contribution in [0.5, 0.6) is 5.75 Å². The van der Waals surface area contributed by atoms with E-state index in [4.69, 9.17) is 17.0 Å². The summed E-state index contributed by atoms with van der Waals surface area (Å²) in [5.74, 6) is -0.0540. The van der Waals surface area contributed by atoms with E-state index in [9.17, 15) is 14.7 Å². The highest BCUT2D eigenvalue weighted by Gasteiger charge is 2.33. The Hall–Kier alpha value is -2.68. The molecule has 30 heavy (non-hydrogen) atoms. The molecule has 156 valence electrons. The van der Waals surface area contributed by atoms with E-state index in [0.717, 1.165) is 22.9 Å². The number of hydrogen-bond acceptors (Lipinski definition) is 6. The predicted octanol–water partition coefficient (Wildman–Crippen LogP) is 2.62. The number of para-hydroxylation sites is 1. The van der Waals surface area contributed by atoms with Crippen molar-refractivity contribution < 1.29 is 19.4 Å². The summed E-state index contributed by atoms with van der Waals surface area (Å²) in [5, 5.41) is 12.4. The minimum Gasteiger partial charge on any atom is -0.496 e. The summed E-state index contributed by atoms with van der Waals surface area (Å²) in [4.78, 5) is 27.0. The third-order valence-electron chi connectivity index (χ3n) is 4.51. The number of thioether (sulfide) groups is 1. The minimum atomic E-state index is -0.442. The second kappa shape index (κ2) is 10.4. The van der Waals surface area contributed by atoms with Gasteiger partial charge in [0.15, 0.2) is 0 Å². The monoisotopic (exact) mass is 442 g/mol. The van der Waals surface area contributed by atoms with Gasteiger partial charge in [0.25, 0.3) is 5.91 Å². The maximum absolute atomic E-state index is 12.8. The van der Waals surface area contributed by atoms with E-state index >= 15 is 0 Å². The van der Waals surface area contributed by atoms with Crippen LogP contribution in [0.25, 0.3) is 6.08 Å². The molecular formula is C22H22N2O4S2. The zero-order valence-corrected chi connectivity index (χ0v) is 18.0. The van der Waals surface area contributed by atoms with Crippen molar-refractivity contribution in [2.45, 2.75) is 12.5 Å². The molecule has 2 amide bonds. The van der Waals surface area contributed by atoms with Gasteiger partial charge in [0.05, 0.1) is 24.7 Å². The molecule has 0 spiro atoms. The Morgan fingerprint density at radius 1 is 1.23 bits per heavy atom. The highest BCUT2D eigenvalue weighted by molar-refractivity contribution is 8.26. The molecule has 2 N–H and O–H groups in total. The molecule has 0 bridgehead atoms. The molecule has 0 aromatic heterocycles. The van der Waals surface area contributed by atoms with Crippen LogP contribution in [0, 0.1) is 0 Å². The van der Waals surface area contributed by atoms with Crippen molar-refractivity contribution in [1.29, 1.82) is 0 Å². The number of carbonyl (C=O) groups excluding carboxylic acids is 2. The van der Waals surface area contributed by atoms with Crippen molar-refractivity contribution in [3.8, 4) is 5.75 Å². The summed E-state index contributed by atoms with van der Waals surface area (Å²) in [7, 11) is 1.56. The number of nitrogens with one attached hydrogen (secondary N) is 1. The van der Waals surface area contributed by atoms with Crippen LogP contribution in [0.15, 0.2) is 59.5 Å². The van der Waals surface area contributed by atoms with Gasteiger partial charge in [-0.2, -0.15) is 0 Å². The van der Waals surface area contributed by atoms with Crippen molar-refractivity contribution in [3.05, 3.63) is 70.6 Å². The van der Waals surface area contributed by atoms with Crippen LogP contribution in [-0.2, 0) is 16.0 Å². The molecule has 1 atom stereocenters. The van der Waals surface area contributed by atoms with Crippen LogP contribution in [0.2, 0.25) is 0 Å². The second-order valence-corrected chi connectivity index (χ2v) is 8.32. The molecule has 1 aliphatic heterocycles. The SMILES string of the molecule is COc1ccccc1C=C1SC(=S)N(CC(=O)N[C@@H](CO)Cc2ccccc2)C1=O.